The molecule has 5 nitrogen and oxygen atoms in total. The molecular formula is C16H13NO4. The minimum Gasteiger partial charge on any atom is -0.497 e. The fraction of sp³-hybridized carbons (Fsp3) is 0.188. The van der Waals surface area contributed by atoms with E-state index in [4.69, 9.17) is 15.2 Å². The van der Waals surface area contributed by atoms with Crippen molar-refractivity contribution in [1.29, 1.82) is 0 Å². The maximum atomic E-state index is 12.7. The molecule has 2 atom stereocenters. The van der Waals surface area contributed by atoms with Crippen LogP contribution in [-0.4, -0.2) is 18.0 Å². The highest BCUT2D eigenvalue weighted by atomic mass is 16.6. The van der Waals surface area contributed by atoms with Gasteiger partial charge < -0.3 is 20.3 Å². The number of benzene rings is 2. The van der Waals surface area contributed by atoms with E-state index < -0.39 is 11.3 Å². The third-order valence-electron chi connectivity index (χ3n) is 4.30. The first-order valence-corrected chi connectivity index (χ1v) is 6.55. The Morgan fingerprint density at radius 2 is 1.95 bits per heavy atom. The smallest absolute Gasteiger partial charge is 0.265 e. The van der Waals surface area contributed by atoms with E-state index in [0.29, 0.717) is 28.2 Å². The predicted molar refractivity (Wildman–Crippen MR) is 74.2 cm³/mol. The van der Waals surface area contributed by atoms with Gasteiger partial charge >= 0.3 is 0 Å². The van der Waals surface area contributed by atoms with Gasteiger partial charge in [-0.1, -0.05) is 24.3 Å². The predicted octanol–water partition coefficient (Wildman–Crippen LogP) is 1.28. The van der Waals surface area contributed by atoms with Crippen LogP contribution in [0.3, 0.4) is 0 Å². The fourth-order valence-electron chi connectivity index (χ4n) is 3.19. The standard InChI is InChI=1S/C16H13NO4/c1-20-9-6-7-12-13(8-9)21-16(19)11-5-3-2-4-10(11)14(18)15(12,16)17/h2-8,19H,17H2,1H3. The highest BCUT2D eigenvalue weighted by Gasteiger charge is 2.68. The molecule has 0 fully saturated rings. The Hall–Kier alpha value is -2.37. The quantitative estimate of drug-likeness (QED) is 0.824. The minimum absolute atomic E-state index is 0.343. The third-order valence-corrected chi connectivity index (χ3v) is 4.30. The lowest BCUT2D eigenvalue weighted by Gasteiger charge is -2.29. The number of ketones is 1. The molecule has 5 heteroatoms. The van der Waals surface area contributed by atoms with Crippen LogP contribution in [-0.2, 0) is 11.3 Å². The second-order valence-corrected chi connectivity index (χ2v) is 5.29. The van der Waals surface area contributed by atoms with Gasteiger partial charge in [0.1, 0.15) is 11.5 Å². The van der Waals surface area contributed by atoms with Crippen LogP contribution in [0.4, 0.5) is 0 Å². The molecule has 0 bridgehead atoms. The molecule has 0 saturated carbocycles. The van der Waals surface area contributed by atoms with Crippen molar-refractivity contribution in [2.75, 3.05) is 7.11 Å². The van der Waals surface area contributed by atoms with Crippen LogP contribution >= 0.6 is 0 Å². The van der Waals surface area contributed by atoms with Crippen LogP contribution in [0.2, 0.25) is 0 Å². The van der Waals surface area contributed by atoms with E-state index in [9.17, 15) is 9.90 Å². The molecule has 21 heavy (non-hydrogen) atoms. The molecule has 3 N–H and O–H groups in total. The summed E-state index contributed by atoms with van der Waals surface area (Å²) in [7, 11) is 1.53. The van der Waals surface area contributed by atoms with Crippen molar-refractivity contribution in [2.24, 2.45) is 5.73 Å². The zero-order valence-corrected chi connectivity index (χ0v) is 11.3. The van der Waals surface area contributed by atoms with E-state index in [1.54, 1.807) is 42.5 Å². The third kappa shape index (κ3) is 1.21. The monoisotopic (exact) mass is 283 g/mol. The van der Waals surface area contributed by atoms with Gasteiger partial charge in [-0.3, -0.25) is 4.79 Å². The van der Waals surface area contributed by atoms with E-state index >= 15 is 0 Å². The van der Waals surface area contributed by atoms with Crippen molar-refractivity contribution in [2.45, 2.75) is 11.3 Å². The van der Waals surface area contributed by atoms with Gasteiger partial charge in [-0.05, 0) is 12.1 Å². The normalized spacial score (nSPS) is 28.6. The fourth-order valence-corrected chi connectivity index (χ4v) is 3.19. The van der Waals surface area contributed by atoms with E-state index in [1.165, 1.54) is 7.11 Å². The zero-order valence-electron chi connectivity index (χ0n) is 11.3. The molecule has 2 aromatic rings. The first-order valence-electron chi connectivity index (χ1n) is 6.55. The number of carbonyl (C=O) groups excluding carboxylic acids is 1. The van der Waals surface area contributed by atoms with Crippen molar-refractivity contribution >= 4 is 5.78 Å². The van der Waals surface area contributed by atoms with Gasteiger partial charge in [0, 0.05) is 22.8 Å². The van der Waals surface area contributed by atoms with Crippen molar-refractivity contribution in [3.63, 3.8) is 0 Å². The van der Waals surface area contributed by atoms with Crippen molar-refractivity contribution in [1.82, 2.24) is 0 Å². The number of rotatable bonds is 1. The largest absolute Gasteiger partial charge is 0.497 e. The number of ether oxygens (including phenoxy) is 2. The Bertz CT molecular complexity index is 788. The molecule has 2 unspecified atom stereocenters. The average Bonchev–Trinajstić information content (AvgIpc) is 2.84. The second-order valence-electron chi connectivity index (χ2n) is 5.29. The van der Waals surface area contributed by atoms with E-state index in [-0.39, 0.29) is 5.78 Å². The Morgan fingerprint density at radius 1 is 1.19 bits per heavy atom. The van der Waals surface area contributed by atoms with Gasteiger partial charge in [0.2, 0.25) is 0 Å². The van der Waals surface area contributed by atoms with E-state index in [0.717, 1.165) is 0 Å². The molecule has 0 aromatic heterocycles. The van der Waals surface area contributed by atoms with Gasteiger partial charge in [0.05, 0.1) is 7.11 Å². The zero-order chi connectivity index (χ0) is 14.8. The van der Waals surface area contributed by atoms with Gasteiger partial charge in [-0.25, -0.2) is 0 Å². The summed E-state index contributed by atoms with van der Waals surface area (Å²) in [5.74, 6) is -1.29. The number of Topliss-reactive ketones (excluding diaryl/α,β-unsaturated/α-hetero) is 1. The Kier molecular flexibility index (Phi) is 2.14. The summed E-state index contributed by atoms with van der Waals surface area (Å²) in [6.45, 7) is 0. The van der Waals surface area contributed by atoms with Crippen LogP contribution in [0.25, 0.3) is 0 Å². The SMILES string of the molecule is COc1ccc2c(c1)OC1(O)c3ccccc3C(=O)C21N. The first kappa shape index (κ1) is 12.4. The number of aliphatic hydroxyl groups is 1. The van der Waals surface area contributed by atoms with Crippen LogP contribution in [0, 0.1) is 0 Å². The number of carbonyl (C=O) groups is 1. The summed E-state index contributed by atoms with van der Waals surface area (Å²) in [5, 5.41) is 11.0. The summed E-state index contributed by atoms with van der Waals surface area (Å²) in [4.78, 5) is 12.7. The summed E-state index contributed by atoms with van der Waals surface area (Å²) in [6, 6.07) is 11.8. The molecule has 1 heterocycles. The molecular weight excluding hydrogens is 270 g/mol. The van der Waals surface area contributed by atoms with Crippen molar-refractivity contribution in [3.05, 3.63) is 59.2 Å². The molecule has 1 aliphatic carbocycles. The van der Waals surface area contributed by atoms with E-state index in [1.807, 2.05) is 0 Å². The lowest BCUT2D eigenvalue weighted by atomic mass is 9.84. The van der Waals surface area contributed by atoms with E-state index in [2.05, 4.69) is 0 Å². The number of methoxy groups -OCH3 is 1. The lowest BCUT2D eigenvalue weighted by molar-refractivity contribution is -0.162. The van der Waals surface area contributed by atoms with Gasteiger partial charge in [-0.15, -0.1) is 0 Å². The topological polar surface area (TPSA) is 81.8 Å². The molecule has 4 rings (SSSR count). The van der Waals surface area contributed by atoms with Crippen LogP contribution < -0.4 is 15.2 Å². The Balaban J connectivity index is 2.00. The van der Waals surface area contributed by atoms with Crippen LogP contribution in [0.5, 0.6) is 11.5 Å². The van der Waals surface area contributed by atoms with Gasteiger partial charge in [0.15, 0.2) is 11.3 Å². The van der Waals surface area contributed by atoms with Crippen molar-refractivity contribution in [3.8, 4) is 11.5 Å². The molecule has 0 radical (unpaired) electrons. The number of nitrogens with two attached hydrogens (primary N) is 1. The highest BCUT2D eigenvalue weighted by Crippen LogP contribution is 2.56. The van der Waals surface area contributed by atoms with Crippen LogP contribution in [0.1, 0.15) is 21.5 Å². The lowest BCUT2D eigenvalue weighted by Crippen LogP contribution is -2.55. The molecule has 2 aliphatic rings. The van der Waals surface area contributed by atoms with Crippen LogP contribution in [0.15, 0.2) is 42.5 Å². The highest BCUT2D eigenvalue weighted by molar-refractivity contribution is 6.10. The maximum absolute atomic E-state index is 12.7. The van der Waals surface area contributed by atoms with Crippen molar-refractivity contribution < 1.29 is 19.4 Å². The van der Waals surface area contributed by atoms with Gasteiger partial charge in [-0.2, -0.15) is 0 Å². The molecule has 0 saturated heterocycles. The summed E-state index contributed by atoms with van der Waals surface area (Å²) < 4.78 is 10.8. The number of hydrogen-bond donors (Lipinski definition) is 2. The molecule has 0 amide bonds. The summed E-state index contributed by atoms with van der Waals surface area (Å²) in [5.41, 5.74) is 5.96. The molecule has 2 aromatic carbocycles. The Labute approximate surface area is 120 Å². The number of fused-ring (bicyclic) bond motifs is 5. The first-order chi connectivity index (χ1) is 10.0. The molecule has 0 spiro atoms. The summed E-state index contributed by atoms with van der Waals surface area (Å²) >= 11 is 0. The average molecular weight is 283 g/mol. The number of hydrogen-bond acceptors (Lipinski definition) is 5. The minimum atomic E-state index is -1.88. The summed E-state index contributed by atoms with van der Waals surface area (Å²) in [6.07, 6.45) is 0. The maximum Gasteiger partial charge on any atom is 0.265 e. The molecule has 1 aliphatic heterocycles. The van der Waals surface area contributed by atoms with Gasteiger partial charge in [0.25, 0.3) is 5.79 Å². The Morgan fingerprint density at radius 3 is 2.71 bits per heavy atom. The molecule has 106 valence electrons. The second kappa shape index (κ2) is 3.63.